The lowest BCUT2D eigenvalue weighted by atomic mass is 9.92. The third kappa shape index (κ3) is 6.46. The van der Waals surface area contributed by atoms with Crippen molar-refractivity contribution in [3.63, 3.8) is 0 Å². The molecule has 16 rings (SSSR count). The zero-order valence-corrected chi connectivity index (χ0v) is 40.7. The predicted octanol–water partition coefficient (Wildman–Crippen LogP) is 18.2. The number of rotatable bonds is 7. The van der Waals surface area contributed by atoms with Crippen LogP contribution in [0.3, 0.4) is 0 Å². The van der Waals surface area contributed by atoms with Crippen LogP contribution < -0.4 is 0 Å². The summed E-state index contributed by atoms with van der Waals surface area (Å²) in [5.74, 6) is 1.71. The van der Waals surface area contributed by atoms with E-state index in [1.54, 1.807) is 0 Å². The number of fused-ring (bicyclic) bond motifs is 12. The molecule has 0 aliphatic rings. The minimum atomic E-state index is 0.541. The van der Waals surface area contributed by atoms with E-state index in [-0.39, 0.29) is 0 Å². The van der Waals surface area contributed by atoms with Gasteiger partial charge in [-0.05, 0) is 77.9 Å². The zero-order chi connectivity index (χ0) is 49.8. The SMILES string of the molecule is c1ccc(-c2nc(-c3ccccc3)nc(-c3cc(-c4cccc5c4oc4cc6c7ccccc7n(-c7ccccc7)c6cc45)ccc3-c3cccc4c3oc3cc5c6ccccc6n(-c6ccccc6)c5cc34)n2)cc1. The summed E-state index contributed by atoms with van der Waals surface area (Å²) in [6.45, 7) is 0. The Morgan fingerprint density at radius 1 is 0.250 bits per heavy atom. The first-order chi connectivity index (χ1) is 37.7. The van der Waals surface area contributed by atoms with Crippen LogP contribution in [0.4, 0.5) is 0 Å². The molecule has 0 unspecified atom stereocenters. The molecule has 11 aromatic carbocycles. The van der Waals surface area contributed by atoms with Crippen LogP contribution >= 0.6 is 0 Å². The molecule has 0 aliphatic carbocycles. The summed E-state index contributed by atoms with van der Waals surface area (Å²) in [4.78, 5) is 15.8. The van der Waals surface area contributed by atoms with Crippen molar-refractivity contribution in [2.75, 3.05) is 0 Å². The first-order valence-corrected chi connectivity index (χ1v) is 25.6. The number of nitrogens with zero attached hydrogens (tertiary/aromatic N) is 5. The van der Waals surface area contributed by atoms with Gasteiger partial charge in [-0.3, -0.25) is 0 Å². The van der Waals surface area contributed by atoms with E-state index in [0.29, 0.717) is 17.5 Å². The van der Waals surface area contributed by atoms with Gasteiger partial charge in [0.1, 0.15) is 22.3 Å². The Morgan fingerprint density at radius 2 is 0.684 bits per heavy atom. The second-order valence-electron chi connectivity index (χ2n) is 19.5. The molecule has 0 aliphatic heterocycles. The number of aromatic nitrogens is 5. The van der Waals surface area contributed by atoms with Crippen molar-refractivity contribution in [2.45, 2.75) is 0 Å². The van der Waals surface area contributed by atoms with Gasteiger partial charge in [0.05, 0.1) is 22.1 Å². The van der Waals surface area contributed by atoms with Gasteiger partial charge in [0, 0.05) is 82.3 Å². The maximum atomic E-state index is 7.10. The Labute approximate surface area is 434 Å². The van der Waals surface area contributed by atoms with Crippen molar-refractivity contribution in [3.05, 3.63) is 249 Å². The minimum absolute atomic E-state index is 0.541. The van der Waals surface area contributed by atoms with Crippen LogP contribution in [0.5, 0.6) is 0 Å². The molecule has 5 heterocycles. The van der Waals surface area contributed by atoms with E-state index in [2.05, 4.69) is 197 Å². The van der Waals surface area contributed by atoms with Gasteiger partial charge in [-0.25, -0.2) is 15.0 Å². The van der Waals surface area contributed by atoms with Crippen LogP contribution in [0.25, 0.3) is 155 Å². The average molecular weight is 972 g/mol. The summed E-state index contributed by atoms with van der Waals surface area (Å²) in [5, 5.41) is 8.77. The fourth-order valence-electron chi connectivity index (χ4n) is 11.7. The van der Waals surface area contributed by atoms with Gasteiger partial charge in [0.15, 0.2) is 17.5 Å². The summed E-state index contributed by atoms with van der Waals surface area (Å²) in [6.07, 6.45) is 0. The largest absolute Gasteiger partial charge is 0.455 e. The molecule has 76 heavy (non-hydrogen) atoms. The maximum Gasteiger partial charge on any atom is 0.164 e. The molecule has 0 N–H and O–H groups in total. The molecule has 5 aromatic heterocycles. The van der Waals surface area contributed by atoms with Gasteiger partial charge >= 0.3 is 0 Å². The third-order valence-electron chi connectivity index (χ3n) is 15.2. The Bertz CT molecular complexity index is 4920. The smallest absolute Gasteiger partial charge is 0.164 e. The zero-order valence-electron chi connectivity index (χ0n) is 40.7. The fourth-order valence-corrected chi connectivity index (χ4v) is 11.7. The molecule has 0 bridgehead atoms. The molecule has 16 aromatic rings. The van der Waals surface area contributed by atoms with Crippen molar-refractivity contribution in [2.24, 2.45) is 0 Å². The summed E-state index contributed by atoms with van der Waals surface area (Å²) >= 11 is 0. The van der Waals surface area contributed by atoms with Gasteiger partial charge in [-0.15, -0.1) is 0 Å². The highest BCUT2D eigenvalue weighted by Gasteiger charge is 2.24. The van der Waals surface area contributed by atoms with E-state index in [4.69, 9.17) is 23.8 Å². The van der Waals surface area contributed by atoms with Gasteiger partial charge < -0.3 is 18.0 Å². The average Bonchev–Trinajstić information content (AvgIpc) is 4.32. The van der Waals surface area contributed by atoms with E-state index in [1.807, 2.05) is 60.7 Å². The number of hydrogen-bond acceptors (Lipinski definition) is 5. The van der Waals surface area contributed by atoms with Crippen molar-refractivity contribution in [1.29, 1.82) is 0 Å². The van der Waals surface area contributed by atoms with E-state index < -0.39 is 0 Å². The van der Waals surface area contributed by atoms with Crippen LogP contribution in [0.15, 0.2) is 258 Å². The molecule has 0 amide bonds. The van der Waals surface area contributed by atoms with Gasteiger partial charge in [0.2, 0.25) is 0 Å². The summed E-state index contributed by atoms with van der Waals surface area (Å²) in [5.41, 5.74) is 16.4. The van der Waals surface area contributed by atoms with Gasteiger partial charge in [0.25, 0.3) is 0 Å². The maximum absolute atomic E-state index is 7.10. The lowest BCUT2D eigenvalue weighted by Crippen LogP contribution is -2.01. The summed E-state index contributed by atoms with van der Waals surface area (Å²) in [6, 6.07) is 87.2. The quantitative estimate of drug-likeness (QED) is 0.159. The first-order valence-electron chi connectivity index (χ1n) is 25.6. The van der Waals surface area contributed by atoms with E-state index in [9.17, 15) is 0 Å². The third-order valence-corrected chi connectivity index (χ3v) is 15.2. The molecule has 0 saturated heterocycles. The van der Waals surface area contributed by atoms with Gasteiger partial charge in [-0.1, -0.05) is 182 Å². The van der Waals surface area contributed by atoms with Gasteiger partial charge in [-0.2, -0.15) is 0 Å². The Balaban J connectivity index is 0.936. The standard InChI is InChI=1S/C69H41N5O2/c1-5-19-42(20-6-1)67-70-68(43-21-7-2-8-22-43)72-69(71-67)58-37-44(47-29-17-31-52-56-38-61-54(40-63(56)75-65(47)52)49-27-13-15-33-59(49)73(61)45-23-9-3-10-24-45)35-36-48(58)51-30-18-32-53-57-39-62-55(41-64(57)76-66(51)53)50-28-14-16-34-60(50)74(62)46-25-11-4-12-26-46/h1-41H. The van der Waals surface area contributed by atoms with E-state index in [1.165, 1.54) is 10.8 Å². The molecular weight excluding hydrogens is 931 g/mol. The lowest BCUT2D eigenvalue weighted by Gasteiger charge is -2.14. The Kier molecular flexibility index (Phi) is 9.20. The first kappa shape index (κ1) is 42.2. The highest BCUT2D eigenvalue weighted by molar-refractivity contribution is 6.20. The monoisotopic (exact) mass is 971 g/mol. The van der Waals surface area contributed by atoms with Crippen molar-refractivity contribution in [3.8, 4) is 67.8 Å². The Morgan fingerprint density at radius 3 is 1.21 bits per heavy atom. The van der Waals surface area contributed by atoms with Crippen LogP contribution in [-0.2, 0) is 0 Å². The minimum Gasteiger partial charge on any atom is -0.455 e. The van der Waals surface area contributed by atoms with Crippen LogP contribution in [0.2, 0.25) is 0 Å². The Hall–Kier alpha value is -10.4. The molecular formula is C69H41N5O2. The molecule has 7 nitrogen and oxygen atoms in total. The molecule has 0 fully saturated rings. The highest BCUT2D eigenvalue weighted by Crippen LogP contribution is 2.46. The summed E-state index contributed by atoms with van der Waals surface area (Å²) < 4.78 is 18.8. The molecule has 0 atom stereocenters. The molecule has 7 heteroatoms. The lowest BCUT2D eigenvalue weighted by molar-refractivity contribution is 0.670. The highest BCUT2D eigenvalue weighted by atomic mass is 16.3. The number of benzene rings is 11. The van der Waals surface area contributed by atoms with Crippen molar-refractivity contribution in [1.82, 2.24) is 24.1 Å². The molecule has 354 valence electrons. The number of para-hydroxylation sites is 6. The fraction of sp³-hybridized carbons (Fsp3) is 0. The van der Waals surface area contributed by atoms with Crippen molar-refractivity contribution >= 4 is 87.5 Å². The second-order valence-corrected chi connectivity index (χ2v) is 19.5. The molecule has 0 radical (unpaired) electrons. The van der Waals surface area contributed by atoms with E-state index in [0.717, 1.165) is 127 Å². The van der Waals surface area contributed by atoms with Crippen LogP contribution in [0, 0.1) is 0 Å². The normalized spacial score (nSPS) is 11.9. The van der Waals surface area contributed by atoms with Crippen LogP contribution in [0.1, 0.15) is 0 Å². The topological polar surface area (TPSA) is 74.8 Å². The second kappa shape index (κ2) is 16.6. The molecule has 0 spiro atoms. The molecule has 0 saturated carbocycles. The number of hydrogen-bond donors (Lipinski definition) is 0. The van der Waals surface area contributed by atoms with Crippen LogP contribution in [-0.4, -0.2) is 24.1 Å². The van der Waals surface area contributed by atoms with E-state index >= 15 is 0 Å². The number of furan rings is 2. The van der Waals surface area contributed by atoms with Crippen molar-refractivity contribution < 1.29 is 8.83 Å². The summed E-state index contributed by atoms with van der Waals surface area (Å²) in [7, 11) is 0. The predicted molar refractivity (Wildman–Crippen MR) is 310 cm³/mol.